The number of hydrogen-bond donors (Lipinski definition) is 1. The van der Waals surface area contributed by atoms with Crippen LogP contribution in [0.1, 0.15) is 6.42 Å². The molecule has 1 saturated heterocycles. The SMILES string of the molecule is CN(C)CCCNS(=O)(=O)N1CCOCC1. The number of rotatable bonds is 6. The number of nitrogens with zero attached hydrogens (tertiary/aromatic N) is 2. The molecule has 0 radical (unpaired) electrons. The molecule has 1 N–H and O–H groups in total. The van der Waals surface area contributed by atoms with Gasteiger partial charge in [-0.25, -0.2) is 4.72 Å². The minimum absolute atomic E-state index is 0.447. The van der Waals surface area contributed by atoms with Gasteiger partial charge in [0.1, 0.15) is 0 Å². The second-order valence-corrected chi connectivity index (χ2v) is 5.82. The Hall–Kier alpha value is -0.210. The summed E-state index contributed by atoms with van der Waals surface area (Å²) in [5.41, 5.74) is 0. The van der Waals surface area contributed by atoms with Crippen LogP contribution in [0.3, 0.4) is 0 Å². The molecule has 16 heavy (non-hydrogen) atoms. The zero-order chi connectivity index (χ0) is 12.0. The second kappa shape index (κ2) is 6.51. The fraction of sp³-hybridized carbons (Fsp3) is 1.00. The van der Waals surface area contributed by atoms with Gasteiger partial charge in [0, 0.05) is 19.6 Å². The lowest BCUT2D eigenvalue weighted by Gasteiger charge is -2.26. The van der Waals surface area contributed by atoms with Crippen LogP contribution in [0.25, 0.3) is 0 Å². The maximum absolute atomic E-state index is 11.8. The van der Waals surface area contributed by atoms with E-state index in [1.807, 2.05) is 19.0 Å². The molecule has 0 spiro atoms. The Morgan fingerprint density at radius 2 is 1.94 bits per heavy atom. The molecule has 0 unspecified atom stereocenters. The van der Waals surface area contributed by atoms with Crippen LogP contribution in [0.2, 0.25) is 0 Å². The molecule has 96 valence electrons. The highest BCUT2D eigenvalue weighted by atomic mass is 32.2. The monoisotopic (exact) mass is 251 g/mol. The summed E-state index contributed by atoms with van der Waals surface area (Å²) in [6.45, 7) is 3.23. The first-order valence-corrected chi connectivity index (χ1v) is 6.93. The van der Waals surface area contributed by atoms with Gasteiger partial charge in [-0.2, -0.15) is 12.7 Å². The van der Waals surface area contributed by atoms with Crippen molar-refractivity contribution in [1.82, 2.24) is 13.9 Å². The quantitative estimate of drug-likeness (QED) is 0.622. The van der Waals surface area contributed by atoms with Crippen LogP contribution in [-0.2, 0) is 14.9 Å². The van der Waals surface area contributed by atoms with E-state index < -0.39 is 10.2 Å². The Labute approximate surface area is 97.7 Å². The fourth-order valence-corrected chi connectivity index (χ4v) is 2.69. The number of morpholine rings is 1. The minimum atomic E-state index is -3.30. The van der Waals surface area contributed by atoms with Crippen molar-refractivity contribution in [2.75, 3.05) is 53.5 Å². The second-order valence-electron chi connectivity index (χ2n) is 4.07. The third kappa shape index (κ3) is 4.75. The molecule has 0 saturated carbocycles. The lowest BCUT2D eigenvalue weighted by atomic mass is 10.4. The molecule has 1 aliphatic rings. The molecule has 0 bridgehead atoms. The molecular weight excluding hydrogens is 230 g/mol. The van der Waals surface area contributed by atoms with Crippen LogP contribution >= 0.6 is 0 Å². The van der Waals surface area contributed by atoms with Gasteiger partial charge in [0.15, 0.2) is 0 Å². The molecule has 0 aliphatic carbocycles. The van der Waals surface area contributed by atoms with Gasteiger partial charge in [0.2, 0.25) is 0 Å². The van der Waals surface area contributed by atoms with E-state index in [2.05, 4.69) is 4.72 Å². The van der Waals surface area contributed by atoms with Crippen molar-refractivity contribution in [2.24, 2.45) is 0 Å². The van der Waals surface area contributed by atoms with Gasteiger partial charge in [0.05, 0.1) is 13.2 Å². The third-order valence-corrected chi connectivity index (χ3v) is 3.99. The van der Waals surface area contributed by atoms with Crippen molar-refractivity contribution >= 4 is 10.2 Å². The van der Waals surface area contributed by atoms with Gasteiger partial charge in [-0.3, -0.25) is 0 Å². The largest absolute Gasteiger partial charge is 0.379 e. The van der Waals surface area contributed by atoms with E-state index in [1.54, 1.807) is 0 Å². The first-order valence-electron chi connectivity index (χ1n) is 5.49. The standard InChI is InChI=1S/C9H21N3O3S/c1-11(2)5-3-4-10-16(13,14)12-6-8-15-9-7-12/h10H,3-9H2,1-2H3. The predicted molar refractivity (Wildman–Crippen MR) is 62.5 cm³/mol. The average molecular weight is 251 g/mol. The van der Waals surface area contributed by atoms with Crippen LogP contribution in [0.5, 0.6) is 0 Å². The van der Waals surface area contributed by atoms with E-state index in [0.717, 1.165) is 13.0 Å². The summed E-state index contributed by atoms with van der Waals surface area (Å²) in [5.74, 6) is 0. The maximum Gasteiger partial charge on any atom is 0.279 e. The van der Waals surface area contributed by atoms with E-state index in [4.69, 9.17) is 4.74 Å². The van der Waals surface area contributed by atoms with Gasteiger partial charge in [0.25, 0.3) is 10.2 Å². The smallest absolute Gasteiger partial charge is 0.279 e. The highest BCUT2D eigenvalue weighted by molar-refractivity contribution is 7.87. The summed E-state index contributed by atoms with van der Waals surface area (Å²) in [5, 5.41) is 0. The zero-order valence-electron chi connectivity index (χ0n) is 9.98. The molecule has 6 nitrogen and oxygen atoms in total. The average Bonchev–Trinajstić information content (AvgIpc) is 2.26. The van der Waals surface area contributed by atoms with Crippen molar-refractivity contribution in [3.8, 4) is 0 Å². The number of hydrogen-bond acceptors (Lipinski definition) is 4. The molecule has 1 fully saturated rings. The van der Waals surface area contributed by atoms with Crippen LogP contribution in [-0.4, -0.2) is 71.1 Å². The van der Waals surface area contributed by atoms with E-state index in [0.29, 0.717) is 32.8 Å². The van der Waals surface area contributed by atoms with Gasteiger partial charge in [-0.1, -0.05) is 0 Å². The molecule has 7 heteroatoms. The van der Waals surface area contributed by atoms with Crippen LogP contribution < -0.4 is 4.72 Å². The fourth-order valence-electron chi connectivity index (χ4n) is 1.47. The molecule has 0 aromatic heterocycles. The Bertz CT molecular complexity index is 286. The zero-order valence-corrected chi connectivity index (χ0v) is 10.8. The van der Waals surface area contributed by atoms with Crippen molar-refractivity contribution in [3.63, 3.8) is 0 Å². The molecule has 0 aromatic carbocycles. The molecule has 1 aliphatic heterocycles. The highest BCUT2D eigenvalue weighted by Crippen LogP contribution is 2.02. The first kappa shape index (κ1) is 13.9. The summed E-state index contributed by atoms with van der Waals surface area (Å²) >= 11 is 0. The molecular formula is C9H21N3O3S. The summed E-state index contributed by atoms with van der Waals surface area (Å²) < 4.78 is 32.7. The molecule has 1 heterocycles. The topological polar surface area (TPSA) is 61.9 Å². The lowest BCUT2D eigenvalue weighted by molar-refractivity contribution is 0.0725. The van der Waals surface area contributed by atoms with Crippen molar-refractivity contribution in [1.29, 1.82) is 0 Å². The van der Waals surface area contributed by atoms with E-state index >= 15 is 0 Å². The van der Waals surface area contributed by atoms with Gasteiger partial charge >= 0.3 is 0 Å². The predicted octanol–water partition coefficient (Wildman–Crippen LogP) is -0.895. The summed E-state index contributed by atoms with van der Waals surface area (Å²) in [4.78, 5) is 2.03. The van der Waals surface area contributed by atoms with Crippen LogP contribution in [0, 0.1) is 0 Å². The molecule has 0 atom stereocenters. The Morgan fingerprint density at radius 3 is 2.50 bits per heavy atom. The van der Waals surface area contributed by atoms with E-state index in [9.17, 15) is 8.42 Å². The van der Waals surface area contributed by atoms with E-state index in [1.165, 1.54) is 4.31 Å². The van der Waals surface area contributed by atoms with Crippen LogP contribution in [0.4, 0.5) is 0 Å². The van der Waals surface area contributed by atoms with Gasteiger partial charge in [-0.15, -0.1) is 0 Å². The first-order chi connectivity index (χ1) is 7.52. The van der Waals surface area contributed by atoms with Crippen LogP contribution in [0.15, 0.2) is 0 Å². The lowest BCUT2D eigenvalue weighted by Crippen LogP contribution is -2.47. The molecule has 0 amide bonds. The summed E-state index contributed by atoms with van der Waals surface area (Å²) in [6.07, 6.45) is 0.816. The molecule has 1 rings (SSSR count). The Morgan fingerprint density at radius 1 is 1.31 bits per heavy atom. The Kier molecular flexibility index (Phi) is 5.63. The summed E-state index contributed by atoms with van der Waals surface area (Å²) in [6, 6.07) is 0. The van der Waals surface area contributed by atoms with Crippen molar-refractivity contribution in [3.05, 3.63) is 0 Å². The van der Waals surface area contributed by atoms with Crippen molar-refractivity contribution in [2.45, 2.75) is 6.42 Å². The number of ether oxygens (including phenoxy) is 1. The summed E-state index contributed by atoms with van der Waals surface area (Å²) in [7, 11) is 0.641. The normalized spacial score (nSPS) is 19.2. The highest BCUT2D eigenvalue weighted by Gasteiger charge is 2.23. The van der Waals surface area contributed by atoms with Gasteiger partial charge < -0.3 is 9.64 Å². The van der Waals surface area contributed by atoms with Crippen molar-refractivity contribution < 1.29 is 13.2 Å². The number of nitrogens with one attached hydrogen (secondary N) is 1. The van der Waals surface area contributed by atoms with E-state index in [-0.39, 0.29) is 0 Å². The molecule has 0 aromatic rings. The maximum atomic E-state index is 11.8. The van der Waals surface area contributed by atoms with Gasteiger partial charge in [-0.05, 0) is 27.1 Å². The minimum Gasteiger partial charge on any atom is -0.379 e. The Balaban J connectivity index is 2.27. The third-order valence-electron chi connectivity index (χ3n) is 2.38.